The van der Waals surface area contributed by atoms with Crippen LogP contribution in [0.5, 0.6) is 0 Å². The third-order valence-corrected chi connectivity index (χ3v) is 4.79. The summed E-state index contributed by atoms with van der Waals surface area (Å²) in [5, 5.41) is 3.05. The second-order valence-corrected chi connectivity index (χ2v) is 8.51. The van der Waals surface area contributed by atoms with E-state index in [1.165, 1.54) is 64.2 Å². The molecule has 0 unspecified atom stereocenters. The summed E-state index contributed by atoms with van der Waals surface area (Å²) < 4.78 is 0.802. The SMILES string of the molecule is CCCCCCCCCCCC[N+](C)(C)CC(=O)NCCCN(C)C. The van der Waals surface area contributed by atoms with Crippen molar-refractivity contribution in [1.82, 2.24) is 10.2 Å². The molecule has 0 bridgehead atoms. The van der Waals surface area contributed by atoms with Crippen LogP contribution in [0.15, 0.2) is 0 Å². The summed E-state index contributed by atoms with van der Waals surface area (Å²) in [6.07, 6.45) is 14.7. The third kappa shape index (κ3) is 18.0. The molecule has 4 nitrogen and oxygen atoms in total. The number of nitrogens with zero attached hydrogens (tertiary/aromatic N) is 2. The molecule has 25 heavy (non-hydrogen) atoms. The second kappa shape index (κ2) is 15.6. The molecule has 0 aliphatic heterocycles. The van der Waals surface area contributed by atoms with Gasteiger partial charge in [-0.1, -0.05) is 58.3 Å². The van der Waals surface area contributed by atoms with Gasteiger partial charge >= 0.3 is 0 Å². The molecule has 0 rings (SSSR count). The Kier molecular flexibility index (Phi) is 15.2. The molecule has 0 aromatic heterocycles. The van der Waals surface area contributed by atoms with Gasteiger partial charge in [0, 0.05) is 6.54 Å². The smallest absolute Gasteiger partial charge is 0.275 e. The molecule has 0 atom stereocenters. The maximum Gasteiger partial charge on any atom is 0.275 e. The van der Waals surface area contributed by atoms with Gasteiger partial charge in [0.15, 0.2) is 6.54 Å². The Hall–Kier alpha value is -0.610. The van der Waals surface area contributed by atoms with Crippen LogP contribution in [0, 0.1) is 0 Å². The Morgan fingerprint density at radius 1 is 0.840 bits per heavy atom. The van der Waals surface area contributed by atoms with E-state index < -0.39 is 0 Å². The highest BCUT2D eigenvalue weighted by molar-refractivity contribution is 5.76. The lowest BCUT2D eigenvalue weighted by atomic mass is 10.1. The standard InChI is InChI=1S/C21H45N3O/c1-6-7-8-9-10-11-12-13-14-15-19-24(4,5)20-21(25)22-17-16-18-23(2)3/h6-20H2,1-5H3/p+1. The molecular formula is C21H46N3O+. The van der Waals surface area contributed by atoms with Crippen LogP contribution in [0.1, 0.15) is 77.6 Å². The van der Waals surface area contributed by atoms with Crippen LogP contribution < -0.4 is 5.32 Å². The number of likely N-dealkylation sites (N-methyl/N-ethyl adjacent to an activating group) is 1. The molecule has 1 amide bonds. The highest BCUT2D eigenvalue weighted by atomic mass is 16.2. The molecule has 150 valence electrons. The van der Waals surface area contributed by atoms with Crippen LogP contribution in [0.2, 0.25) is 0 Å². The molecule has 4 heteroatoms. The van der Waals surface area contributed by atoms with E-state index >= 15 is 0 Å². The van der Waals surface area contributed by atoms with Crippen LogP contribution in [0.25, 0.3) is 0 Å². The quantitative estimate of drug-likeness (QED) is 0.315. The fourth-order valence-electron chi connectivity index (χ4n) is 3.17. The number of nitrogens with one attached hydrogen (secondary N) is 1. The van der Waals surface area contributed by atoms with Crippen molar-refractivity contribution in [1.29, 1.82) is 0 Å². The number of unbranched alkanes of at least 4 members (excludes halogenated alkanes) is 9. The van der Waals surface area contributed by atoms with Gasteiger partial charge < -0.3 is 14.7 Å². The number of quaternary nitrogens is 1. The molecular weight excluding hydrogens is 310 g/mol. The van der Waals surface area contributed by atoms with Crippen molar-refractivity contribution < 1.29 is 9.28 Å². The van der Waals surface area contributed by atoms with E-state index in [1.54, 1.807) is 0 Å². The fourth-order valence-corrected chi connectivity index (χ4v) is 3.17. The predicted molar refractivity (Wildman–Crippen MR) is 110 cm³/mol. The number of carbonyl (C=O) groups excluding carboxylic acids is 1. The van der Waals surface area contributed by atoms with Gasteiger partial charge in [0.25, 0.3) is 5.91 Å². The summed E-state index contributed by atoms with van der Waals surface area (Å²) >= 11 is 0. The Morgan fingerprint density at radius 3 is 1.88 bits per heavy atom. The lowest BCUT2D eigenvalue weighted by Crippen LogP contribution is -2.48. The van der Waals surface area contributed by atoms with Crippen molar-refractivity contribution in [2.24, 2.45) is 0 Å². The molecule has 0 spiro atoms. The Balaban J connectivity index is 3.55. The molecule has 1 N–H and O–H groups in total. The van der Waals surface area contributed by atoms with Gasteiger partial charge in [-0.25, -0.2) is 0 Å². The van der Waals surface area contributed by atoms with Gasteiger partial charge in [0.1, 0.15) is 0 Å². The van der Waals surface area contributed by atoms with E-state index in [4.69, 9.17) is 0 Å². The minimum absolute atomic E-state index is 0.191. The molecule has 0 saturated heterocycles. The second-order valence-electron chi connectivity index (χ2n) is 8.51. The zero-order valence-electron chi connectivity index (χ0n) is 17.9. The lowest BCUT2D eigenvalue weighted by molar-refractivity contribution is -0.882. The average molecular weight is 357 g/mol. The summed E-state index contributed by atoms with van der Waals surface area (Å²) in [5.41, 5.74) is 0. The summed E-state index contributed by atoms with van der Waals surface area (Å²) in [7, 11) is 8.48. The van der Waals surface area contributed by atoms with Gasteiger partial charge in [-0.3, -0.25) is 4.79 Å². The summed E-state index contributed by atoms with van der Waals surface area (Å²) in [6.45, 7) is 5.78. The topological polar surface area (TPSA) is 32.3 Å². The van der Waals surface area contributed by atoms with E-state index in [9.17, 15) is 4.79 Å². The van der Waals surface area contributed by atoms with Gasteiger partial charge in [0.05, 0.1) is 20.6 Å². The number of carbonyl (C=O) groups is 1. The van der Waals surface area contributed by atoms with Crippen LogP contribution in [0.3, 0.4) is 0 Å². The van der Waals surface area contributed by atoms with Crippen LogP contribution >= 0.6 is 0 Å². The van der Waals surface area contributed by atoms with Crippen LogP contribution in [0.4, 0.5) is 0 Å². The fraction of sp³-hybridized carbons (Fsp3) is 0.952. The first-order valence-corrected chi connectivity index (χ1v) is 10.6. The number of hydrogen-bond acceptors (Lipinski definition) is 2. The largest absolute Gasteiger partial charge is 0.351 e. The lowest BCUT2D eigenvalue weighted by Gasteiger charge is -2.29. The van der Waals surface area contributed by atoms with Crippen molar-refractivity contribution in [2.75, 3.05) is 54.4 Å². The molecule has 0 fully saturated rings. The minimum Gasteiger partial charge on any atom is -0.351 e. The summed E-state index contributed by atoms with van der Waals surface area (Å²) in [5.74, 6) is 0.191. The zero-order valence-corrected chi connectivity index (χ0v) is 17.9. The van der Waals surface area contributed by atoms with E-state index in [-0.39, 0.29) is 5.91 Å². The highest BCUT2D eigenvalue weighted by Gasteiger charge is 2.19. The van der Waals surface area contributed by atoms with Crippen molar-refractivity contribution in [3.8, 4) is 0 Å². The number of hydrogen-bond donors (Lipinski definition) is 1. The van der Waals surface area contributed by atoms with Gasteiger partial charge in [0.2, 0.25) is 0 Å². The molecule has 0 heterocycles. The van der Waals surface area contributed by atoms with Crippen molar-refractivity contribution in [2.45, 2.75) is 77.6 Å². The Morgan fingerprint density at radius 2 is 1.36 bits per heavy atom. The minimum atomic E-state index is 0.191. The van der Waals surface area contributed by atoms with Crippen molar-refractivity contribution in [3.63, 3.8) is 0 Å². The monoisotopic (exact) mass is 356 g/mol. The molecule has 0 aliphatic rings. The molecule has 0 aromatic rings. The highest BCUT2D eigenvalue weighted by Crippen LogP contribution is 2.11. The maximum absolute atomic E-state index is 12.0. The van der Waals surface area contributed by atoms with E-state index in [0.717, 1.165) is 30.5 Å². The van der Waals surface area contributed by atoms with Crippen molar-refractivity contribution in [3.05, 3.63) is 0 Å². The molecule has 0 aliphatic carbocycles. The summed E-state index contributed by atoms with van der Waals surface area (Å²) in [4.78, 5) is 14.2. The van der Waals surface area contributed by atoms with E-state index in [2.05, 4.69) is 45.3 Å². The number of amides is 1. The maximum atomic E-state index is 12.0. The van der Waals surface area contributed by atoms with Gasteiger partial charge in [-0.05, 0) is 39.9 Å². The zero-order chi connectivity index (χ0) is 19.0. The summed E-state index contributed by atoms with van der Waals surface area (Å²) in [6, 6.07) is 0. The third-order valence-electron chi connectivity index (χ3n) is 4.79. The van der Waals surface area contributed by atoms with E-state index in [0.29, 0.717) is 6.54 Å². The van der Waals surface area contributed by atoms with E-state index in [1.807, 2.05) is 0 Å². The first-order valence-electron chi connectivity index (χ1n) is 10.6. The Bertz CT molecular complexity index is 316. The normalized spacial score (nSPS) is 11.9. The molecule has 0 aromatic carbocycles. The van der Waals surface area contributed by atoms with Gasteiger partial charge in [-0.2, -0.15) is 0 Å². The Labute approximate surface area is 157 Å². The first kappa shape index (κ1) is 24.4. The van der Waals surface area contributed by atoms with Crippen molar-refractivity contribution >= 4 is 5.91 Å². The van der Waals surface area contributed by atoms with Crippen LogP contribution in [-0.4, -0.2) is 69.7 Å². The van der Waals surface area contributed by atoms with Gasteiger partial charge in [-0.15, -0.1) is 0 Å². The number of rotatable bonds is 17. The molecule has 0 saturated carbocycles. The first-order chi connectivity index (χ1) is 11.9. The van der Waals surface area contributed by atoms with Crippen LogP contribution in [-0.2, 0) is 4.79 Å². The average Bonchev–Trinajstić information content (AvgIpc) is 2.52. The molecule has 0 radical (unpaired) electrons. The predicted octanol–water partition coefficient (Wildman–Crippen LogP) is 4.05.